The predicted octanol–water partition coefficient (Wildman–Crippen LogP) is 4.71. The van der Waals surface area contributed by atoms with E-state index in [0.29, 0.717) is 0 Å². The summed E-state index contributed by atoms with van der Waals surface area (Å²) in [7, 11) is 0. The van der Waals surface area contributed by atoms with Gasteiger partial charge in [0.1, 0.15) is 6.54 Å². The van der Waals surface area contributed by atoms with Crippen LogP contribution < -0.4 is 4.90 Å². The van der Waals surface area contributed by atoms with E-state index >= 15 is 0 Å². The number of allylic oxidation sites excluding steroid dienone is 1. The van der Waals surface area contributed by atoms with Crippen LogP contribution in [0.2, 0.25) is 0 Å². The molecule has 1 aliphatic carbocycles. The summed E-state index contributed by atoms with van der Waals surface area (Å²) >= 11 is 0. The topological polar surface area (TPSA) is 141 Å². The zero-order valence-electron chi connectivity index (χ0n) is 23.5. The number of hydrazone groups is 1. The average molecular weight is 590 g/mol. The molecule has 12 nitrogen and oxygen atoms in total. The van der Waals surface area contributed by atoms with Crippen LogP contribution in [-0.2, 0) is 14.4 Å². The number of benzene rings is 3. The summed E-state index contributed by atoms with van der Waals surface area (Å²) in [5.74, 6) is -1.56. The Balaban J connectivity index is 1.16. The highest BCUT2D eigenvalue weighted by atomic mass is 16.6. The van der Waals surface area contributed by atoms with E-state index in [4.69, 9.17) is 5.10 Å². The highest BCUT2D eigenvalue weighted by molar-refractivity contribution is 6.25. The fourth-order valence-corrected chi connectivity index (χ4v) is 6.48. The highest BCUT2D eigenvalue weighted by Crippen LogP contribution is 2.44. The second kappa shape index (κ2) is 11.0. The van der Waals surface area contributed by atoms with Crippen molar-refractivity contribution >= 4 is 40.9 Å². The largest absolute Gasteiger partial charge is 0.271 e. The van der Waals surface area contributed by atoms with E-state index in [9.17, 15) is 24.5 Å². The third-order valence-electron chi connectivity index (χ3n) is 8.51. The summed E-state index contributed by atoms with van der Waals surface area (Å²) in [4.78, 5) is 52.1. The molecule has 4 atom stereocenters. The molecule has 1 saturated heterocycles. The van der Waals surface area contributed by atoms with Crippen molar-refractivity contribution in [2.24, 2.45) is 21.4 Å². The SMILES string of the molecule is O=C1[C@@H]2N=NN(CC(=O)N3N=C4/C(=C/c5ccccc5)CCC[C@@H]4[C@@H]3c3ccccc3)[C@H]2C(=O)N1c1ccc([N+](=O)[O-])cc1. The maximum atomic E-state index is 14.0. The van der Waals surface area contributed by atoms with E-state index in [1.807, 2.05) is 60.7 Å². The number of non-ortho nitro benzene ring substituents is 1. The molecule has 3 amide bonds. The zero-order chi connectivity index (χ0) is 30.4. The van der Waals surface area contributed by atoms with Crippen LogP contribution >= 0.6 is 0 Å². The minimum absolute atomic E-state index is 0.00494. The number of anilines is 1. The molecule has 12 heteroatoms. The Morgan fingerprint density at radius 1 is 0.932 bits per heavy atom. The van der Waals surface area contributed by atoms with Crippen LogP contribution in [0.5, 0.6) is 0 Å². The Labute approximate surface area is 252 Å². The normalized spacial score (nSPS) is 25.0. The van der Waals surface area contributed by atoms with Crippen LogP contribution in [0.4, 0.5) is 11.4 Å². The quantitative estimate of drug-likeness (QED) is 0.232. The number of amides is 3. The lowest BCUT2D eigenvalue weighted by Crippen LogP contribution is -2.45. The second-order valence-corrected chi connectivity index (χ2v) is 11.1. The van der Waals surface area contributed by atoms with Crippen LogP contribution in [-0.4, -0.2) is 57.0 Å². The number of nitro benzene ring substituents is 1. The van der Waals surface area contributed by atoms with E-state index in [0.717, 1.165) is 46.6 Å². The third kappa shape index (κ3) is 4.64. The lowest BCUT2D eigenvalue weighted by Gasteiger charge is -2.30. The van der Waals surface area contributed by atoms with Crippen LogP contribution in [0.3, 0.4) is 0 Å². The van der Waals surface area contributed by atoms with E-state index in [1.54, 1.807) is 0 Å². The van der Waals surface area contributed by atoms with E-state index in [2.05, 4.69) is 16.4 Å². The van der Waals surface area contributed by atoms with Crippen molar-refractivity contribution < 1.29 is 19.3 Å². The number of imide groups is 1. The molecule has 220 valence electrons. The molecule has 7 rings (SSSR count). The monoisotopic (exact) mass is 589 g/mol. The molecule has 3 heterocycles. The lowest BCUT2D eigenvalue weighted by molar-refractivity contribution is -0.384. The van der Waals surface area contributed by atoms with Gasteiger partial charge in [-0.15, -0.1) is 0 Å². The number of nitrogens with zero attached hydrogens (tertiary/aromatic N) is 7. The van der Waals surface area contributed by atoms with Crippen molar-refractivity contribution in [3.63, 3.8) is 0 Å². The standard InChI is InChI=1S/C32H27N7O5/c40-26(19-36-30-28(33-35-36)31(41)37(32(30)42)23-14-16-24(17-15-23)39(43)44)38-29(21-10-5-2-6-11-21)25-13-7-12-22(27(25)34-38)18-20-8-3-1-4-9-20/h1-6,8-11,14-18,25,28-30H,7,12-13,19H2/b22-18+/t25-,28+,29-,30+/m0/s1. The minimum Gasteiger partial charge on any atom is -0.271 e. The Morgan fingerprint density at radius 3 is 2.34 bits per heavy atom. The Morgan fingerprint density at radius 2 is 1.64 bits per heavy atom. The van der Waals surface area contributed by atoms with Crippen LogP contribution in [0.25, 0.3) is 6.08 Å². The highest BCUT2D eigenvalue weighted by Gasteiger charge is 2.55. The zero-order valence-corrected chi connectivity index (χ0v) is 23.5. The van der Waals surface area contributed by atoms with Crippen LogP contribution in [0, 0.1) is 16.0 Å². The van der Waals surface area contributed by atoms with Crippen molar-refractivity contribution in [2.75, 3.05) is 11.4 Å². The molecular formula is C32H27N7O5. The smallest absolute Gasteiger partial charge is 0.269 e. The number of carbonyl (C=O) groups is 3. The minimum atomic E-state index is -1.11. The number of fused-ring (bicyclic) bond motifs is 2. The lowest BCUT2D eigenvalue weighted by atomic mass is 9.77. The van der Waals surface area contributed by atoms with Gasteiger partial charge < -0.3 is 0 Å². The van der Waals surface area contributed by atoms with Crippen molar-refractivity contribution in [2.45, 2.75) is 37.4 Å². The molecule has 0 spiro atoms. The molecule has 3 aliphatic heterocycles. The Hall–Kier alpha value is -5.52. The molecule has 3 aromatic rings. The predicted molar refractivity (Wildman–Crippen MR) is 160 cm³/mol. The molecule has 0 N–H and O–H groups in total. The van der Waals surface area contributed by atoms with Crippen molar-refractivity contribution in [1.29, 1.82) is 0 Å². The van der Waals surface area contributed by atoms with Crippen molar-refractivity contribution in [3.8, 4) is 0 Å². The first kappa shape index (κ1) is 27.3. The number of hydrogen-bond acceptors (Lipinski definition) is 9. The number of rotatable bonds is 6. The summed E-state index contributed by atoms with van der Waals surface area (Å²) in [6.45, 7) is -0.303. The van der Waals surface area contributed by atoms with Gasteiger partial charge in [-0.25, -0.2) is 9.91 Å². The molecule has 2 fully saturated rings. The van der Waals surface area contributed by atoms with Gasteiger partial charge in [0.05, 0.1) is 22.4 Å². The summed E-state index contributed by atoms with van der Waals surface area (Å²) in [6.07, 6.45) is 4.83. The van der Waals surface area contributed by atoms with Gasteiger partial charge in [0.2, 0.25) is 0 Å². The molecule has 0 aromatic heterocycles. The van der Waals surface area contributed by atoms with E-state index in [-0.39, 0.29) is 35.8 Å². The van der Waals surface area contributed by atoms with Gasteiger partial charge in [-0.05, 0) is 54.2 Å². The molecule has 4 aliphatic rings. The van der Waals surface area contributed by atoms with Crippen LogP contribution in [0.1, 0.15) is 36.4 Å². The molecule has 3 aromatic carbocycles. The van der Waals surface area contributed by atoms with E-state index in [1.165, 1.54) is 34.3 Å². The first-order valence-electron chi connectivity index (χ1n) is 14.4. The maximum absolute atomic E-state index is 14.0. The van der Waals surface area contributed by atoms with Gasteiger partial charge in [-0.1, -0.05) is 65.9 Å². The maximum Gasteiger partial charge on any atom is 0.269 e. The molecule has 44 heavy (non-hydrogen) atoms. The van der Waals surface area contributed by atoms with Gasteiger partial charge in [0.15, 0.2) is 12.1 Å². The first-order chi connectivity index (χ1) is 21.4. The van der Waals surface area contributed by atoms with Gasteiger partial charge >= 0.3 is 0 Å². The summed E-state index contributed by atoms with van der Waals surface area (Å²) in [6, 6.07) is 22.4. The fraction of sp³-hybridized carbons (Fsp3) is 0.250. The summed E-state index contributed by atoms with van der Waals surface area (Å²) in [5, 5.41) is 26.8. The number of nitro groups is 1. The van der Waals surface area contributed by atoms with Gasteiger partial charge in [0.25, 0.3) is 23.4 Å². The van der Waals surface area contributed by atoms with Gasteiger partial charge in [0, 0.05) is 18.1 Å². The average Bonchev–Trinajstić information content (AvgIpc) is 3.71. The van der Waals surface area contributed by atoms with Gasteiger partial charge in [-0.2, -0.15) is 10.2 Å². The first-order valence-corrected chi connectivity index (χ1v) is 14.4. The molecular weight excluding hydrogens is 562 g/mol. The summed E-state index contributed by atoms with van der Waals surface area (Å²) in [5.41, 5.74) is 4.04. The van der Waals surface area contributed by atoms with Gasteiger partial charge in [-0.3, -0.25) is 29.5 Å². The number of carbonyl (C=O) groups excluding carboxylic acids is 3. The van der Waals surface area contributed by atoms with Crippen LogP contribution in [0.15, 0.2) is 106 Å². The van der Waals surface area contributed by atoms with Crippen molar-refractivity contribution in [1.82, 2.24) is 10.0 Å². The Bertz CT molecular complexity index is 1740. The Kier molecular flexibility index (Phi) is 6.80. The molecule has 0 unspecified atom stereocenters. The second-order valence-electron chi connectivity index (χ2n) is 11.1. The molecule has 1 saturated carbocycles. The van der Waals surface area contributed by atoms with Crippen molar-refractivity contribution in [3.05, 3.63) is 112 Å². The molecule has 0 bridgehead atoms. The third-order valence-corrected chi connectivity index (χ3v) is 8.51. The fourth-order valence-electron chi connectivity index (χ4n) is 6.48. The summed E-state index contributed by atoms with van der Waals surface area (Å²) < 4.78 is 0. The molecule has 0 radical (unpaired) electrons. The van der Waals surface area contributed by atoms with E-state index < -0.39 is 28.8 Å². The number of hydrogen-bond donors (Lipinski definition) is 0.